The summed E-state index contributed by atoms with van der Waals surface area (Å²) >= 11 is 0. The molecular weight excluding hydrogens is 258 g/mol. The number of hydrogen-bond donors (Lipinski definition) is 3. The third-order valence-corrected chi connectivity index (χ3v) is 4.63. The molecule has 6 heteroatoms. The first-order valence-electron chi connectivity index (χ1n) is 7.51. The van der Waals surface area contributed by atoms with Gasteiger partial charge in [0.1, 0.15) is 5.54 Å². The van der Waals surface area contributed by atoms with Crippen LogP contribution in [0.3, 0.4) is 0 Å². The molecule has 0 aromatic rings. The first-order valence-corrected chi connectivity index (χ1v) is 7.51. The van der Waals surface area contributed by atoms with Gasteiger partial charge < -0.3 is 21.0 Å². The summed E-state index contributed by atoms with van der Waals surface area (Å²) in [6.45, 7) is 2.54. The van der Waals surface area contributed by atoms with Crippen molar-refractivity contribution < 1.29 is 14.7 Å². The van der Waals surface area contributed by atoms with E-state index in [9.17, 15) is 4.79 Å². The number of nitrogens with zero attached hydrogens (tertiary/aromatic N) is 1. The number of amidine groups is 1. The zero-order valence-electron chi connectivity index (χ0n) is 12.1. The van der Waals surface area contributed by atoms with Gasteiger partial charge in [0, 0.05) is 6.61 Å². The minimum absolute atomic E-state index is 0.0384. The van der Waals surface area contributed by atoms with Crippen LogP contribution in [0.1, 0.15) is 51.9 Å². The number of rotatable bonds is 3. The van der Waals surface area contributed by atoms with Crippen LogP contribution in [-0.4, -0.2) is 35.2 Å². The van der Waals surface area contributed by atoms with Crippen molar-refractivity contribution in [1.82, 2.24) is 5.32 Å². The summed E-state index contributed by atoms with van der Waals surface area (Å²) < 4.78 is 5.45. The number of ether oxygens (including phenoxy) is 1. The summed E-state index contributed by atoms with van der Waals surface area (Å²) in [6.07, 6.45) is 6.34. The normalized spacial score (nSPS) is 30.8. The zero-order valence-corrected chi connectivity index (χ0v) is 12.1. The minimum atomic E-state index is -0.690. The third kappa shape index (κ3) is 3.06. The fourth-order valence-electron chi connectivity index (χ4n) is 3.28. The fraction of sp³-hybridized carbons (Fsp3) is 0.857. The van der Waals surface area contributed by atoms with E-state index in [2.05, 4.69) is 10.5 Å². The van der Waals surface area contributed by atoms with Crippen LogP contribution in [0.15, 0.2) is 5.16 Å². The zero-order chi connectivity index (χ0) is 14.6. The van der Waals surface area contributed by atoms with Crippen LogP contribution in [0.4, 0.5) is 0 Å². The van der Waals surface area contributed by atoms with Crippen molar-refractivity contribution in [3.8, 4) is 0 Å². The highest BCUT2D eigenvalue weighted by molar-refractivity contribution is 5.94. The van der Waals surface area contributed by atoms with Crippen LogP contribution in [-0.2, 0) is 9.53 Å². The van der Waals surface area contributed by atoms with Gasteiger partial charge in [-0.3, -0.25) is 4.79 Å². The third-order valence-electron chi connectivity index (χ3n) is 4.63. The molecule has 0 spiro atoms. The molecule has 1 saturated carbocycles. The van der Waals surface area contributed by atoms with Crippen molar-refractivity contribution in [2.24, 2.45) is 16.8 Å². The molecular formula is C14H25N3O3. The van der Waals surface area contributed by atoms with Gasteiger partial charge >= 0.3 is 0 Å². The molecule has 0 aromatic carbocycles. The molecule has 1 amide bonds. The first kappa shape index (κ1) is 15.1. The lowest BCUT2D eigenvalue weighted by molar-refractivity contribution is -0.127. The monoisotopic (exact) mass is 283 g/mol. The van der Waals surface area contributed by atoms with Crippen LogP contribution in [0, 0.1) is 5.92 Å². The Hall–Kier alpha value is -1.30. The highest BCUT2D eigenvalue weighted by Crippen LogP contribution is 2.29. The molecule has 4 N–H and O–H groups in total. The van der Waals surface area contributed by atoms with Crippen molar-refractivity contribution >= 4 is 11.7 Å². The summed E-state index contributed by atoms with van der Waals surface area (Å²) in [5.41, 5.74) is 5.20. The van der Waals surface area contributed by atoms with Crippen molar-refractivity contribution in [3.63, 3.8) is 0 Å². The van der Waals surface area contributed by atoms with E-state index in [0.717, 1.165) is 44.9 Å². The van der Waals surface area contributed by atoms with Crippen LogP contribution in [0.5, 0.6) is 0 Å². The second-order valence-electron chi connectivity index (χ2n) is 5.94. The number of nitrogens with two attached hydrogens (primary N) is 1. The van der Waals surface area contributed by atoms with Gasteiger partial charge in [0.2, 0.25) is 5.91 Å². The van der Waals surface area contributed by atoms with Gasteiger partial charge in [0.25, 0.3) is 0 Å². The Morgan fingerprint density at radius 3 is 2.50 bits per heavy atom. The predicted molar refractivity (Wildman–Crippen MR) is 75.5 cm³/mol. The van der Waals surface area contributed by atoms with E-state index in [4.69, 9.17) is 15.7 Å². The predicted octanol–water partition coefficient (Wildman–Crippen LogP) is 1.37. The molecule has 1 aliphatic heterocycles. The Bertz CT molecular complexity index is 376. The number of carbonyl (C=O) groups excluding carboxylic acids is 1. The molecule has 114 valence electrons. The van der Waals surface area contributed by atoms with Crippen molar-refractivity contribution in [1.29, 1.82) is 0 Å². The van der Waals surface area contributed by atoms with Gasteiger partial charge in [0.05, 0.1) is 12.0 Å². The molecule has 2 unspecified atom stereocenters. The SMILES string of the molecule is CC1OCCC1C(=O)NC1(C(N)=NO)CCCCCC1. The second-order valence-corrected chi connectivity index (χ2v) is 5.94. The maximum absolute atomic E-state index is 12.5. The second kappa shape index (κ2) is 6.43. The molecule has 2 rings (SSSR count). The van der Waals surface area contributed by atoms with Gasteiger partial charge in [-0.25, -0.2) is 0 Å². The van der Waals surface area contributed by atoms with E-state index in [1.165, 1.54) is 0 Å². The number of carbonyl (C=O) groups is 1. The van der Waals surface area contributed by atoms with Crippen LogP contribution in [0.25, 0.3) is 0 Å². The average molecular weight is 283 g/mol. The number of amides is 1. The van der Waals surface area contributed by atoms with E-state index in [1.54, 1.807) is 0 Å². The van der Waals surface area contributed by atoms with Gasteiger partial charge in [-0.2, -0.15) is 0 Å². The molecule has 1 heterocycles. The first-order chi connectivity index (χ1) is 9.59. The van der Waals surface area contributed by atoms with Crippen molar-refractivity contribution in [3.05, 3.63) is 0 Å². The molecule has 0 radical (unpaired) electrons. The Morgan fingerprint density at radius 2 is 2.00 bits per heavy atom. The lowest BCUT2D eigenvalue weighted by atomic mass is 9.87. The highest BCUT2D eigenvalue weighted by atomic mass is 16.5. The van der Waals surface area contributed by atoms with Crippen LogP contribution in [0.2, 0.25) is 0 Å². The van der Waals surface area contributed by atoms with Crippen molar-refractivity contribution in [2.45, 2.75) is 63.5 Å². The summed E-state index contributed by atoms with van der Waals surface area (Å²) in [5, 5.41) is 15.3. The van der Waals surface area contributed by atoms with E-state index in [-0.39, 0.29) is 23.8 Å². The fourth-order valence-corrected chi connectivity index (χ4v) is 3.28. The molecule has 20 heavy (non-hydrogen) atoms. The van der Waals surface area contributed by atoms with Crippen LogP contribution < -0.4 is 11.1 Å². The van der Waals surface area contributed by atoms with Gasteiger partial charge in [-0.05, 0) is 26.2 Å². The van der Waals surface area contributed by atoms with E-state index < -0.39 is 5.54 Å². The maximum Gasteiger partial charge on any atom is 0.226 e. The van der Waals surface area contributed by atoms with Gasteiger partial charge in [0.15, 0.2) is 5.84 Å². The summed E-state index contributed by atoms with van der Waals surface area (Å²) in [5.74, 6) is -0.0514. The van der Waals surface area contributed by atoms with E-state index in [0.29, 0.717) is 6.61 Å². The Labute approximate surface area is 119 Å². The molecule has 1 aliphatic carbocycles. The molecule has 2 atom stereocenters. The molecule has 1 saturated heterocycles. The Kier molecular flexibility index (Phi) is 4.86. The minimum Gasteiger partial charge on any atom is -0.409 e. The average Bonchev–Trinajstić information content (AvgIpc) is 2.73. The van der Waals surface area contributed by atoms with Crippen LogP contribution >= 0.6 is 0 Å². The molecule has 2 aliphatic rings. The van der Waals surface area contributed by atoms with Gasteiger partial charge in [-0.15, -0.1) is 0 Å². The lowest BCUT2D eigenvalue weighted by Crippen LogP contribution is -2.59. The Balaban J connectivity index is 2.13. The standard InChI is InChI=1S/C14H25N3O3/c1-10-11(6-9-20-10)12(18)16-14(13(15)17-19)7-4-2-3-5-8-14/h10-11,19H,2-9H2,1H3,(H2,15,17)(H,16,18). The largest absolute Gasteiger partial charge is 0.409 e. The lowest BCUT2D eigenvalue weighted by Gasteiger charge is -2.33. The van der Waals surface area contributed by atoms with Gasteiger partial charge in [-0.1, -0.05) is 30.8 Å². The molecule has 0 bridgehead atoms. The Morgan fingerprint density at radius 1 is 1.35 bits per heavy atom. The molecule has 0 aromatic heterocycles. The maximum atomic E-state index is 12.5. The van der Waals surface area contributed by atoms with E-state index >= 15 is 0 Å². The highest BCUT2D eigenvalue weighted by Gasteiger charge is 2.40. The summed E-state index contributed by atoms with van der Waals surface area (Å²) in [7, 11) is 0. The number of hydrogen-bond acceptors (Lipinski definition) is 4. The summed E-state index contributed by atoms with van der Waals surface area (Å²) in [4.78, 5) is 12.5. The number of nitrogens with one attached hydrogen (secondary N) is 1. The quantitative estimate of drug-likeness (QED) is 0.239. The topological polar surface area (TPSA) is 96.9 Å². The smallest absolute Gasteiger partial charge is 0.226 e. The van der Waals surface area contributed by atoms with Crippen molar-refractivity contribution in [2.75, 3.05) is 6.61 Å². The molecule has 6 nitrogen and oxygen atoms in total. The molecule has 2 fully saturated rings. The number of oxime groups is 1. The van der Waals surface area contributed by atoms with E-state index in [1.807, 2.05) is 6.92 Å². The summed E-state index contributed by atoms with van der Waals surface area (Å²) in [6, 6.07) is 0.